The Labute approximate surface area is 119 Å². The molecule has 0 rings (SSSR count). The molecule has 0 saturated carbocycles. The van der Waals surface area contributed by atoms with Crippen LogP contribution in [0.2, 0.25) is 0 Å². The lowest BCUT2D eigenvalue weighted by atomic mass is 10.4. The van der Waals surface area contributed by atoms with E-state index >= 15 is 0 Å². The molecule has 0 amide bonds. The normalized spacial score (nSPS) is 15.2. The van der Waals surface area contributed by atoms with Crippen LogP contribution in [0.1, 0.15) is 6.92 Å². The average Bonchev–Trinajstić information content (AvgIpc) is 2.11. The number of halogens is 4. The van der Waals surface area contributed by atoms with Crippen LogP contribution in [0.4, 0.5) is 0 Å². The highest BCUT2D eigenvalue weighted by Gasteiger charge is 2.40. The number of alkyl halides is 4. The fraction of sp³-hybridized carbons (Fsp3) is 0.833. The third-order valence-corrected chi connectivity index (χ3v) is 6.49. The van der Waals surface area contributed by atoms with Gasteiger partial charge in [-0.2, -0.15) is 5.26 Å². The van der Waals surface area contributed by atoms with Gasteiger partial charge < -0.3 is 0 Å². The number of hydrogen-bond acceptors (Lipinski definition) is 4. The molecule has 94 valence electrons. The lowest BCUT2D eigenvalue weighted by Crippen LogP contribution is -2.36. The topological polar surface area (TPSA) is 61.2 Å². The van der Waals surface area contributed by atoms with Crippen molar-refractivity contribution in [2.75, 3.05) is 6.26 Å². The van der Waals surface area contributed by atoms with Gasteiger partial charge in [0.25, 0.3) is 0 Å². The second-order valence-electron chi connectivity index (χ2n) is 2.78. The molecule has 0 aliphatic heterocycles. The zero-order valence-electron chi connectivity index (χ0n) is 8.19. The Balaban J connectivity index is 5.07. The Hall–Kier alpha value is 0.910. The van der Waals surface area contributed by atoms with Gasteiger partial charge in [-0.15, -0.1) is 26.9 Å². The smallest absolute Gasteiger partial charge is 0.212 e. The van der Waals surface area contributed by atoms with E-state index in [0.717, 1.165) is 9.97 Å². The van der Waals surface area contributed by atoms with E-state index in [1.54, 1.807) is 6.07 Å². The highest BCUT2D eigenvalue weighted by atomic mass is 35.5. The fourth-order valence-corrected chi connectivity index (χ4v) is 3.61. The van der Waals surface area contributed by atoms with Crippen LogP contribution < -0.4 is 0 Å². The molecule has 1 atom stereocenters. The Morgan fingerprint density at radius 2 is 1.88 bits per heavy atom. The molecule has 10 heteroatoms. The van der Waals surface area contributed by atoms with E-state index in [0.29, 0.717) is 11.9 Å². The zero-order valence-corrected chi connectivity index (χ0v) is 12.9. The molecule has 1 unspecified atom stereocenters. The number of nitrogens with zero attached hydrogens (tertiary/aromatic N) is 2. The summed E-state index contributed by atoms with van der Waals surface area (Å²) in [5, 5.41) is 8.68. The summed E-state index contributed by atoms with van der Waals surface area (Å²) in [6.07, 6.45) is 0.926. The molecule has 0 radical (unpaired) electrons. The summed E-state index contributed by atoms with van der Waals surface area (Å²) in [5.41, 5.74) is 0. The quantitative estimate of drug-likeness (QED) is 0.567. The molecule has 0 spiro atoms. The largest absolute Gasteiger partial charge is 0.221 e. The van der Waals surface area contributed by atoms with E-state index in [9.17, 15) is 8.42 Å². The van der Waals surface area contributed by atoms with Crippen LogP contribution in [0.25, 0.3) is 0 Å². The van der Waals surface area contributed by atoms with Crippen molar-refractivity contribution in [3.63, 3.8) is 0 Å². The summed E-state index contributed by atoms with van der Waals surface area (Å²) < 4.78 is 21.8. The van der Waals surface area contributed by atoms with Gasteiger partial charge in [0, 0.05) is 0 Å². The van der Waals surface area contributed by atoms with E-state index in [-0.39, 0.29) is 0 Å². The van der Waals surface area contributed by atoms with Crippen LogP contribution in [0.5, 0.6) is 0 Å². The van der Waals surface area contributed by atoms with Gasteiger partial charge in [0.2, 0.25) is 13.7 Å². The highest BCUT2D eigenvalue weighted by molar-refractivity contribution is 8.10. The molecule has 0 aromatic rings. The molecule has 16 heavy (non-hydrogen) atoms. The maximum absolute atomic E-state index is 11.4. The van der Waals surface area contributed by atoms with Gasteiger partial charge in [0.05, 0.1) is 12.3 Å². The molecule has 0 aromatic heterocycles. The zero-order chi connectivity index (χ0) is 13.1. The fourth-order valence-electron chi connectivity index (χ4n) is 0.641. The van der Waals surface area contributed by atoms with Crippen LogP contribution in [0.3, 0.4) is 0 Å². The highest BCUT2D eigenvalue weighted by Crippen LogP contribution is 2.45. The second kappa shape index (κ2) is 6.19. The maximum Gasteiger partial charge on any atom is 0.221 e. The van der Waals surface area contributed by atoms with Crippen molar-refractivity contribution in [1.82, 2.24) is 3.71 Å². The molecule has 0 aliphatic rings. The van der Waals surface area contributed by atoms with Gasteiger partial charge >= 0.3 is 0 Å². The minimum Gasteiger partial charge on any atom is -0.212 e. The van der Waals surface area contributed by atoms with Gasteiger partial charge in [-0.25, -0.2) is 8.42 Å². The Kier molecular flexibility index (Phi) is 6.54. The number of hydrogen-bond donors (Lipinski definition) is 0. The lowest BCUT2D eigenvalue weighted by molar-refractivity contribution is 0.530. The van der Waals surface area contributed by atoms with Crippen molar-refractivity contribution < 1.29 is 8.42 Å². The van der Waals surface area contributed by atoms with Crippen molar-refractivity contribution in [3.8, 4) is 6.07 Å². The van der Waals surface area contributed by atoms with Crippen LogP contribution >= 0.6 is 58.4 Å². The third-order valence-electron chi connectivity index (χ3n) is 1.30. The summed E-state index contributed by atoms with van der Waals surface area (Å²) in [5.74, 6) is 0. The first kappa shape index (κ1) is 16.9. The van der Waals surface area contributed by atoms with Crippen molar-refractivity contribution in [1.29, 1.82) is 5.26 Å². The lowest BCUT2D eigenvalue weighted by Gasteiger charge is -2.28. The number of rotatable bonds is 5. The molecule has 0 heterocycles. The number of sulfonamides is 1. The Morgan fingerprint density at radius 3 is 2.12 bits per heavy atom. The molecule has 0 fully saturated rings. The van der Waals surface area contributed by atoms with Gasteiger partial charge in [0.1, 0.15) is 6.04 Å². The first-order chi connectivity index (χ1) is 7.02. The molecule has 0 aliphatic carbocycles. The van der Waals surface area contributed by atoms with E-state index in [1.807, 2.05) is 0 Å². The monoisotopic (exact) mass is 344 g/mol. The van der Waals surface area contributed by atoms with Gasteiger partial charge in [-0.1, -0.05) is 23.2 Å². The average molecular weight is 346 g/mol. The van der Waals surface area contributed by atoms with Crippen LogP contribution in [0, 0.1) is 11.3 Å². The summed E-state index contributed by atoms with van der Waals surface area (Å²) in [4.78, 5) is -1.21. The second-order valence-corrected chi connectivity index (χ2v) is 9.02. The van der Waals surface area contributed by atoms with Crippen molar-refractivity contribution >= 4 is 68.4 Å². The molecule has 0 saturated heterocycles. The van der Waals surface area contributed by atoms with E-state index in [4.69, 9.17) is 51.7 Å². The standard InChI is InChI=1S/C6H8Cl4N2O2S2/c1-4(3-11)12(16(2,13)14)15-6(9,10)5(7)8/h4-5H,1-2H3. The molecule has 0 N–H and O–H groups in total. The summed E-state index contributed by atoms with van der Waals surface area (Å²) in [7, 11) is -3.66. The molecule has 4 nitrogen and oxygen atoms in total. The summed E-state index contributed by atoms with van der Waals surface area (Å²) in [6, 6.07) is 0.815. The number of nitriles is 1. The van der Waals surface area contributed by atoms with E-state index in [2.05, 4.69) is 0 Å². The van der Waals surface area contributed by atoms with Crippen molar-refractivity contribution in [2.24, 2.45) is 0 Å². The summed E-state index contributed by atoms with van der Waals surface area (Å²) >= 11 is 22.9. The first-order valence-corrected chi connectivity index (χ1v) is 8.01. The predicted molar refractivity (Wildman–Crippen MR) is 69.3 cm³/mol. The maximum atomic E-state index is 11.4. The Bertz CT molecular complexity index is 378. The molecular formula is C6H8Cl4N2O2S2. The van der Waals surface area contributed by atoms with Gasteiger partial charge in [-0.3, -0.25) is 0 Å². The van der Waals surface area contributed by atoms with E-state index < -0.39 is 24.6 Å². The van der Waals surface area contributed by atoms with Gasteiger partial charge in [-0.05, 0) is 18.9 Å². The predicted octanol–water partition coefficient (Wildman–Crippen LogP) is 2.74. The third kappa shape index (κ3) is 5.05. The van der Waals surface area contributed by atoms with Crippen LogP contribution in [-0.2, 0) is 10.0 Å². The molecule has 0 bridgehead atoms. The van der Waals surface area contributed by atoms with Crippen molar-refractivity contribution in [2.45, 2.75) is 21.5 Å². The first-order valence-electron chi connectivity index (χ1n) is 3.76. The van der Waals surface area contributed by atoms with Crippen LogP contribution in [-0.4, -0.2) is 32.9 Å². The summed E-state index contributed by atoms with van der Waals surface area (Å²) in [6.45, 7) is 1.38. The minimum absolute atomic E-state index is 0.485. The Morgan fingerprint density at radius 1 is 1.44 bits per heavy atom. The van der Waals surface area contributed by atoms with Gasteiger partial charge in [0.15, 0.2) is 4.84 Å². The van der Waals surface area contributed by atoms with Crippen molar-refractivity contribution in [3.05, 3.63) is 0 Å². The molecular weight excluding hydrogens is 338 g/mol. The SMILES string of the molecule is CC(C#N)N(SC(Cl)(Cl)C(Cl)Cl)S(C)(=O)=O. The van der Waals surface area contributed by atoms with E-state index in [1.165, 1.54) is 6.92 Å². The molecule has 0 aromatic carbocycles. The van der Waals surface area contributed by atoms with Crippen LogP contribution in [0.15, 0.2) is 0 Å². The minimum atomic E-state index is -3.66.